The Morgan fingerprint density at radius 2 is 2.08 bits per heavy atom. The number of thiophene rings is 1. The van der Waals surface area contributed by atoms with Gasteiger partial charge in [0, 0.05) is 17.5 Å². The summed E-state index contributed by atoms with van der Waals surface area (Å²) in [4.78, 5) is 14.2. The molecule has 3 aromatic rings. The van der Waals surface area contributed by atoms with E-state index in [-0.39, 0.29) is 10.9 Å². The van der Waals surface area contributed by atoms with Gasteiger partial charge < -0.3 is 5.32 Å². The number of hydrogen-bond donors (Lipinski definition) is 1. The van der Waals surface area contributed by atoms with Crippen LogP contribution in [0.2, 0.25) is 5.02 Å². The summed E-state index contributed by atoms with van der Waals surface area (Å²) in [6, 6.07) is 6.03. The third-order valence-electron chi connectivity index (χ3n) is 3.95. The highest BCUT2D eigenvalue weighted by atomic mass is 35.5. The summed E-state index contributed by atoms with van der Waals surface area (Å²) < 4.78 is 15.0. The number of amides is 1. The van der Waals surface area contributed by atoms with Crippen LogP contribution in [0.15, 0.2) is 24.3 Å². The Morgan fingerprint density at radius 3 is 2.71 bits per heavy atom. The average Bonchev–Trinajstić information content (AvgIpc) is 3.00. The van der Waals surface area contributed by atoms with Crippen molar-refractivity contribution in [2.75, 3.05) is 0 Å². The van der Waals surface area contributed by atoms with E-state index in [4.69, 9.17) is 11.6 Å². The smallest absolute Gasteiger partial charge is 0.262 e. The molecule has 0 atom stereocenters. The van der Waals surface area contributed by atoms with Crippen LogP contribution in [0.5, 0.6) is 0 Å². The number of halogens is 2. The minimum absolute atomic E-state index is 0.194. The van der Waals surface area contributed by atoms with Crippen LogP contribution in [0.25, 0.3) is 10.2 Å². The number of aryl methyl sites for hydroxylation is 2. The summed E-state index contributed by atoms with van der Waals surface area (Å²) in [7, 11) is 1.86. The first-order chi connectivity index (χ1) is 11.2. The van der Waals surface area contributed by atoms with Gasteiger partial charge in [-0.15, -0.1) is 11.3 Å². The molecule has 0 unspecified atom stereocenters. The number of carbonyl (C=O) groups is 1. The van der Waals surface area contributed by atoms with Crippen molar-refractivity contribution in [3.63, 3.8) is 0 Å². The van der Waals surface area contributed by atoms with Gasteiger partial charge in [0.2, 0.25) is 0 Å². The Bertz CT molecular complexity index is 910. The molecule has 0 aliphatic rings. The van der Waals surface area contributed by atoms with Crippen molar-refractivity contribution < 1.29 is 9.18 Å². The maximum atomic E-state index is 13.2. The molecule has 2 heterocycles. The Morgan fingerprint density at radius 1 is 1.38 bits per heavy atom. The molecule has 2 aromatic heterocycles. The zero-order valence-corrected chi connectivity index (χ0v) is 15.3. The number of hydrogen-bond acceptors (Lipinski definition) is 3. The number of rotatable bonds is 3. The lowest BCUT2D eigenvalue weighted by Gasteiger charge is -2.27. The first-order valence-corrected chi connectivity index (χ1v) is 8.59. The SMILES string of the molecule is Cc1nn(C)c2sc(C(=O)NC(C)(C)c3ccc(F)cc3Cl)cc12. The maximum Gasteiger partial charge on any atom is 0.262 e. The number of aromatic nitrogens is 2. The van der Waals surface area contributed by atoms with Crippen molar-refractivity contribution in [2.24, 2.45) is 7.05 Å². The molecule has 24 heavy (non-hydrogen) atoms. The van der Waals surface area contributed by atoms with Gasteiger partial charge >= 0.3 is 0 Å². The second-order valence-corrected chi connectivity index (χ2v) is 7.68. The summed E-state index contributed by atoms with van der Waals surface area (Å²) >= 11 is 7.52. The second kappa shape index (κ2) is 5.86. The van der Waals surface area contributed by atoms with E-state index in [1.54, 1.807) is 10.7 Å². The summed E-state index contributed by atoms with van der Waals surface area (Å²) in [5.74, 6) is -0.598. The predicted octanol–water partition coefficient (Wildman–Crippen LogP) is 4.40. The fourth-order valence-electron chi connectivity index (χ4n) is 2.73. The summed E-state index contributed by atoms with van der Waals surface area (Å²) in [6.07, 6.45) is 0. The summed E-state index contributed by atoms with van der Waals surface area (Å²) in [5.41, 5.74) is 0.826. The van der Waals surface area contributed by atoms with Gasteiger partial charge in [0.05, 0.1) is 16.1 Å². The number of carbonyl (C=O) groups excluding carboxylic acids is 1. The zero-order valence-electron chi connectivity index (χ0n) is 13.8. The molecule has 126 valence electrons. The number of nitrogens with one attached hydrogen (secondary N) is 1. The minimum Gasteiger partial charge on any atom is -0.342 e. The molecule has 1 N–H and O–H groups in total. The van der Waals surface area contributed by atoms with Gasteiger partial charge in [-0.1, -0.05) is 17.7 Å². The van der Waals surface area contributed by atoms with E-state index in [1.165, 1.54) is 23.5 Å². The van der Waals surface area contributed by atoms with E-state index in [2.05, 4.69) is 10.4 Å². The standard InChI is InChI=1S/C17H17ClFN3OS/c1-9-11-8-14(24-16(11)22(4)21-9)15(23)20-17(2,3)12-6-5-10(19)7-13(12)18/h5-8H,1-4H3,(H,20,23). The van der Waals surface area contributed by atoms with Gasteiger partial charge in [-0.2, -0.15) is 5.10 Å². The fraction of sp³-hybridized carbons (Fsp3) is 0.294. The minimum atomic E-state index is -0.731. The number of fused-ring (bicyclic) bond motifs is 1. The average molecular weight is 366 g/mol. The largest absolute Gasteiger partial charge is 0.342 e. The number of nitrogens with zero attached hydrogens (tertiary/aromatic N) is 2. The van der Waals surface area contributed by atoms with Gasteiger partial charge in [-0.05, 0) is 44.5 Å². The van der Waals surface area contributed by atoms with Crippen LogP contribution in [-0.2, 0) is 12.6 Å². The van der Waals surface area contributed by atoms with E-state index >= 15 is 0 Å². The monoisotopic (exact) mass is 365 g/mol. The fourth-order valence-corrected chi connectivity index (χ4v) is 4.15. The lowest BCUT2D eigenvalue weighted by atomic mass is 9.94. The van der Waals surface area contributed by atoms with Crippen molar-refractivity contribution in [3.05, 3.63) is 51.2 Å². The molecule has 0 saturated heterocycles. The first-order valence-electron chi connectivity index (χ1n) is 7.40. The third-order valence-corrected chi connectivity index (χ3v) is 5.46. The topological polar surface area (TPSA) is 46.9 Å². The molecule has 7 heteroatoms. The van der Waals surface area contributed by atoms with Crippen molar-refractivity contribution in [1.29, 1.82) is 0 Å². The van der Waals surface area contributed by atoms with Gasteiger partial charge in [0.1, 0.15) is 10.6 Å². The lowest BCUT2D eigenvalue weighted by molar-refractivity contribution is 0.0916. The highest BCUT2D eigenvalue weighted by molar-refractivity contribution is 7.20. The molecule has 0 aliphatic heterocycles. The highest BCUT2D eigenvalue weighted by Gasteiger charge is 2.27. The van der Waals surface area contributed by atoms with Crippen LogP contribution in [0.1, 0.15) is 34.8 Å². The quantitative estimate of drug-likeness (QED) is 0.747. The van der Waals surface area contributed by atoms with Gasteiger partial charge in [-0.25, -0.2) is 4.39 Å². The van der Waals surface area contributed by atoms with Crippen LogP contribution in [0.4, 0.5) is 4.39 Å². The highest BCUT2D eigenvalue weighted by Crippen LogP contribution is 2.31. The molecule has 3 rings (SSSR count). The predicted molar refractivity (Wildman–Crippen MR) is 95.2 cm³/mol. The Hall–Kier alpha value is -1.92. The molecule has 4 nitrogen and oxygen atoms in total. The molecule has 1 aromatic carbocycles. The van der Waals surface area contributed by atoms with E-state index in [0.717, 1.165) is 15.9 Å². The van der Waals surface area contributed by atoms with E-state index in [9.17, 15) is 9.18 Å². The molecule has 0 bridgehead atoms. The Labute approximate surface area is 148 Å². The molecule has 0 radical (unpaired) electrons. The Balaban J connectivity index is 1.90. The lowest BCUT2D eigenvalue weighted by Crippen LogP contribution is -2.40. The van der Waals surface area contributed by atoms with Crippen molar-refractivity contribution in [3.8, 4) is 0 Å². The summed E-state index contributed by atoms with van der Waals surface area (Å²) in [5, 5.41) is 8.57. The normalized spacial score (nSPS) is 11.9. The van der Waals surface area contributed by atoms with Crippen molar-refractivity contribution in [2.45, 2.75) is 26.3 Å². The van der Waals surface area contributed by atoms with Crippen molar-refractivity contribution >= 4 is 39.1 Å². The Kier molecular flexibility index (Phi) is 4.13. The van der Waals surface area contributed by atoms with Crippen molar-refractivity contribution in [1.82, 2.24) is 15.1 Å². The van der Waals surface area contributed by atoms with E-state index in [1.807, 2.05) is 33.9 Å². The molecule has 1 amide bonds. The summed E-state index contributed by atoms with van der Waals surface area (Å²) in [6.45, 7) is 5.59. The van der Waals surface area contributed by atoms with Crippen LogP contribution in [0, 0.1) is 12.7 Å². The third kappa shape index (κ3) is 2.91. The van der Waals surface area contributed by atoms with Gasteiger partial charge in [-0.3, -0.25) is 9.48 Å². The van der Waals surface area contributed by atoms with Crippen LogP contribution >= 0.6 is 22.9 Å². The first kappa shape index (κ1) is 16.9. The molecule has 0 fully saturated rings. The zero-order chi connectivity index (χ0) is 17.6. The second-order valence-electron chi connectivity index (χ2n) is 6.24. The molecular formula is C17H17ClFN3OS. The molecular weight excluding hydrogens is 349 g/mol. The van der Waals surface area contributed by atoms with E-state index in [0.29, 0.717) is 10.4 Å². The van der Waals surface area contributed by atoms with Crippen LogP contribution in [-0.4, -0.2) is 15.7 Å². The molecule has 0 saturated carbocycles. The molecule has 0 spiro atoms. The van der Waals surface area contributed by atoms with E-state index < -0.39 is 11.4 Å². The van der Waals surface area contributed by atoms with Gasteiger partial charge in [0.25, 0.3) is 5.91 Å². The van der Waals surface area contributed by atoms with Crippen LogP contribution in [0.3, 0.4) is 0 Å². The number of benzene rings is 1. The van der Waals surface area contributed by atoms with Gasteiger partial charge in [0.15, 0.2) is 0 Å². The van der Waals surface area contributed by atoms with Crippen LogP contribution < -0.4 is 5.32 Å². The molecule has 0 aliphatic carbocycles. The maximum absolute atomic E-state index is 13.2.